The summed E-state index contributed by atoms with van der Waals surface area (Å²) in [7, 11) is 0. The normalized spacial score (nSPS) is 19.9. The van der Waals surface area contributed by atoms with Gasteiger partial charge in [-0.2, -0.15) is 0 Å². The minimum Gasteiger partial charge on any atom is -0.396 e. The Hall–Kier alpha value is -1.62. The van der Waals surface area contributed by atoms with E-state index in [9.17, 15) is 9.50 Å². The summed E-state index contributed by atoms with van der Waals surface area (Å²) in [6, 6.07) is 4.33. The number of piperidine rings is 1. The minimum atomic E-state index is -0.389. The molecule has 0 saturated carbocycles. The van der Waals surface area contributed by atoms with Gasteiger partial charge < -0.3 is 15.7 Å². The molecular weight excluding hydrogens is 233 g/mol. The molecule has 0 spiro atoms. The fourth-order valence-electron chi connectivity index (χ4n) is 2.43. The Morgan fingerprint density at radius 2 is 2.33 bits per heavy atom. The van der Waals surface area contributed by atoms with Crippen LogP contribution in [0.1, 0.15) is 18.4 Å². The van der Waals surface area contributed by atoms with Crippen LogP contribution >= 0.6 is 0 Å². The first-order chi connectivity index (χ1) is 8.61. The zero-order valence-corrected chi connectivity index (χ0v) is 10.2. The van der Waals surface area contributed by atoms with E-state index in [-0.39, 0.29) is 24.2 Å². The molecule has 1 fully saturated rings. The zero-order valence-electron chi connectivity index (χ0n) is 10.2. The summed E-state index contributed by atoms with van der Waals surface area (Å²) >= 11 is 0. The molecule has 2 rings (SSSR count). The Morgan fingerprint density at radius 1 is 1.56 bits per heavy atom. The zero-order chi connectivity index (χ0) is 13.1. The van der Waals surface area contributed by atoms with Crippen molar-refractivity contribution in [3.8, 4) is 0 Å². The number of benzene rings is 1. The fourth-order valence-corrected chi connectivity index (χ4v) is 2.43. The molecule has 5 heteroatoms. The Morgan fingerprint density at radius 3 is 3.00 bits per heavy atom. The summed E-state index contributed by atoms with van der Waals surface area (Å²) in [5.41, 5.74) is 6.70. The molecule has 0 radical (unpaired) electrons. The Balaban J connectivity index is 2.29. The second kappa shape index (κ2) is 5.35. The topological polar surface area (TPSA) is 73.3 Å². The highest BCUT2D eigenvalue weighted by Gasteiger charge is 2.22. The van der Waals surface area contributed by atoms with Gasteiger partial charge in [0.2, 0.25) is 0 Å². The van der Waals surface area contributed by atoms with Crippen molar-refractivity contribution in [2.45, 2.75) is 12.8 Å². The van der Waals surface area contributed by atoms with Crippen LogP contribution in [0.15, 0.2) is 18.2 Å². The Bertz CT molecular complexity index is 450. The highest BCUT2D eigenvalue weighted by molar-refractivity contribution is 6.00. The largest absolute Gasteiger partial charge is 0.396 e. The van der Waals surface area contributed by atoms with Crippen LogP contribution < -0.4 is 10.6 Å². The molecule has 1 aromatic rings. The lowest BCUT2D eigenvalue weighted by atomic mass is 9.97. The maximum absolute atomic E-state index is 13.2. The number of aliphatic hydroxyl groups excluding tert-OH is 1. The molecule has 1 atom stereocenters. The van der Waals surface area contributed by atoms with Gasteiger partial charge in [-0.1, -0.05) is 0 Å². The number of nitrogens with one attached hydrogen (secondary N) is 1. The molecule has 98 valence electrons. The number of hydrogen-bond acceptors (Lipinski definition) is 3. The lowest BCUT2D eigenvalue weighted by Gasteiger charge is -2.34. The summed E-state index contributed by atoms with van der Waals surface area (Å²) in [6.07, 6.45) is 1.99. The molecule has 0 bridgehead atoms. The lowest BCUT2D eigenvalue weighted by Crippen LogP contribution is -2.38. The first-order valence-electron chi connectivity index (χ1n) is 6.11. The molecular formula is C13H18FN3O. The van der Waals surface area contributed by atoms with Crippen molar-refractivity contribution >= 4 is 11.5 Å². The molecule has 1 saturated heterocycles. The van der Waals surface area contributed by atoms with Crippen LogP contribution in [0.5, 0.6) is 0 Å². The van der Waals surface area contributed by atoms with Crippen LogP contribution in [-0.2, 0) is 0 Å². The monoisotopic (exact) mass is 251 g/mol. The van der Waals surface area contributed by atoms with Crippen molar-refractivity contribution in [3.05, 3.63) is 29.6 Å². The van der Waals surface area contributed by atoms with Crippen molar-refractivity contribution in [1.29, 1.82) is 5.41 Å². The highest BCUT2D eigenvalue weighted by Crippen LogP contribution is 2.26. The third kappa shape index (κ3) is 2.61. The average Bonchev–Trinajstić information content (AvgIpc) is 2.38. The van der Waals surface area contributed by atoms with Gasteiger partial charge in [0, 0.05) is 30.9 Å². The predicted octanol–water partition coefficient (Wildman–Crippen LogP) is 1.32. The van der Waals surface area contributed by atoms with E-state index in [4.69, 9.17) is 11.1 Å². The van der Waals surface area contributed by atoms with Gasteiger partial charge in [-0.05, 0) is 37.0 Å². The van der Waals surface area contributed by atoms with E-state index >= 15 is 0 Å². The van der Waals surface area contributed by atoms with Crippen LogP contribution in [0.4, 0.5) is 10.1 Å². The standard InChI is InChI=1S/C13H18FN3O/c14-10-3-4-12(11(6-10)13(15)16)17-5-1-2-9(7-17)8-18/h3-4,6,9,18H,1-2,5,7-8H2,(H3,15,16). The number of aliphatic hydroxyl groups is 1. The number of hydrogen-bond donors (Lipinski definition) is 3. The van der Waals surface area contributed by atoms with E-state index in [0.29, 0.717) is 5.56 Å². The van der Waals surface area contributed by atoms with E-state index in [1.165, 1.54) is 12.1 Å². The molecule has 0 amide bonds. The second-order valence-electron chi connectivity index (χ2n) is 4.71. The SMILES string of the molecule is N=C(N)c1cc(F)ccc1N1CCCC(CO)C1. The van der Waals surface area contributed by atoms with Crippen LogP contribution in [0.25, 0.3) is 0 Å². The molecule has 1 heterocycles. The number of rotatable bonds is 3. The number of anilines is 1. The average molecular weight is 251 g/mol. The third-order valence-electron chi connectivity index (χ3n) is 3.37. The van der Waals surface area contributed by atoms with Gasteiger partial charge >= 0.3 is 0 Å². The summed E-state index contributed by atoms with van der Waals surface area (Å²) in [4.78, 5) is 2.07. The summed E-state index contributed by atoms with van der Waals surface area (Å²) in [6.45, 7) is 1.73. The van der Waals surface area contributed by atoms with E-state index in [1.54, 1.807) is 6.07 Å². The van der Waals surface area contributed by atoms with Gasteiger partial charge in [-0.15, -0.1) is 0 Å². The molecule has 0 aromatic heterocycles. The van der Waals surface area contributed by atoms with E-state index in [2.05, 4.69) is 4.90 Å². The molecule has 0 aliphatic carbocycles. The number of halogens is 1. The Labute approximate surface area is 106 Å². The lowest BCUT2D eigenvalue weighted by molar-refractivity contribution is 0.208. The van der Waals surface area contributed by atoms with Crippen molar-refractivity contribution in [1.82, 2.24) is 0 Å². The second-order valence-corrected chi connectivity index (χ2v) is 4.71. The van der Waals surface area contributed by atoms with Gasteiger partial charge in [-0.25, -0.2) is 4.39 Å². The van der Waals surface area contributed by atoms with Gasteiger partial charge in [0.15, 0.2) is 0 Å². The van der Waals surface area contributed by atoms with E-state index in [1.807, 2.05) is 0 Å². The van der Waals surface area contributed by atoms with Gasteiger partial charge in [0.25, 0.3) is 0 Å². The van der Waals surface area contributed by atoms with Crippen molar-refractivity contribution in [2.24, 2.45) is 11.7 Å². The number of amidine groups is 1. The molecule has 4 nitrogen and oxygen atoms in total. The van der Waals surface area contributed by atoms with Crippen LogP contribution in [0.3, 0.4) is 0 Å². The van der Waals surface area contributed by atoms with Crippen molar-refractivity contribution < 1.29 is 9.50 Å². The predicted molar refractivity (Wildman–Crippen MR) is 69.4 cm³/mol. The summed E-state index contributed by atoms with van der Waals surface area (Å²) < 4.78 is 13.2. The summed E-state index contributed by atoms with van der Waals surface area (Å²) in [5, 5.41) is 16.7. The third-order valence-corrected chi connectivity index (χ3v) is 3.37. The van der Waals surface area contributed by atoms with Crippen LogP contribution in [0, 0.1) is 17.1 Å². The number of nitrogens with two attached hydrogens (primary N) is 1. The fraction of sp³-hybridized carbons (Fsp3) is 0.462. The molecule has 4 N–H and O–H groups in total. The molecule has 1 unspecified atom stereocenters. The molecule has 18 heavy (non-hydrogen) atoms. The van der Waals surface area contributed by atoms with Crippen molar-refractivity contribution in [2.75, 3.05) is 24.6 Å². The van der Waals surface area contributed by atoms with E-state index < -0.39 is 0 Å². The van der Waals surface area contributed by atoms with Crippen LogP contribution in [-0.4, -0.2) is 30.6 Å². The van der Waals surface area contributed by atoms with Crippen LogP contribution in [0.2, 0.25) is 0 Å². The first kappa shape index (κ1) is 12.8. The maximum atomic E-state index is 13.2. The Kier molecular flexibility index (Phi) is 3.81. The van der Waals surface area contributed by atoms with Gasteiger partial charge in [0.1, 0.15) is 11.7 Å². The van der Waals surface area contributed by atoms with Gasteiger partial charge in [0.05, 0.1) is 0 Å². The number of nitrogen functional groups attached to an aromatic ring is 1. The first-order valence-corrected chi connectivity index (χ1v) is 6.11. The van der Waals surface area contributed by atoms with Gasteiger partial charge in [-0.3, -0.25) is 5.41 Å². The molecule has 1 aromatic carbocycles. The molecule has 1 aliphatic rings. The minimum absolute atomic E-state index is 0.129. The smallest absolute Gasteiger partial charge is 0.125 e. The maximum Gasteiger partial charge on any atom is 0.125 e. The van der Waals surface area contributed by atoms with E-state index in [0.717, 1.165) is 31.6 Å². The number of nitrogens with zero attached hydrogens (tertiary/aromatic N) is 1. The molecule has 1 aliphatic heterocycles. The highest BCUT2D eigenvalue weighted by atomic mass is 19.1. The summed E-state index contributed by atoms with van der Waals surface area (Å²) in [5.74, 6) is -0.279. The quantitative estimate of drug-likeness (QED) is 0.560. The van der Waals surface area contributed by atoms with Crippen molar-refractivity contribution in [3.63, 3.8) is 0 Å².